The second-order valence-electron chi connectivity index (χ2n) is 6.53. The Labute approximate surface area is 165 Å². The van der Waals surface area contributed by atoms with Crippen LogP contribution in [0.2, 0.25) is 0 Å². The maximum atomic E-state index is 13.0. The van der Waals surface area contributed by atoms with Crippen LogP contribution in [0.1, 0.15) is 35.8 Å². The Morgan fingerprint density at radius 2 is 2.07 bits per heavy atom. The summed E-state index contributed by atoms with van der Waals surface area (Å²) in [4.78, 5) is 41.7. The van der Waals surface area contributed by atoms with Crippen LogP contribution >= 0.6 is 11.3 Å². The number of carbonyl (C=O) groups excluding carboxylic acids is 3. The van der Waals surface area contributed by atoms with Crippen molar-refractivity contribution in [2.45, 2.75) is 26.4 Å². The van der Waals surface area contributed by atoms with Gasteiger partial charge in [-0.15, -0.1) is 11.3 Å². The molecule has 9 heteroatoms. The third kappa shape index (κ3) is 5.13. The number of thiazole rings is 1. The maximum absolute atomic E-state index is 13.0. The van der Waals surface area contributed by atoms with Gasteiger partial charge in [0.25, 0.3) is 5.91 Å². The molecular formula is C19H20FN3O4S. The van der Waals surface area contributed by atoms with E-state index in [1.165, 1.54) is 42.5 Å². The Kier molecular flexibility index (Phi) is 6.35. The molecule has 148 valence electrons. The number of nitrogens with zero attached hydrogens (tertiary/aromatic N) is 2. The zero-order valence-corrected chi connectivity index (χ0v) is 16.1. The highest BCUT2D eigenvalue weighted by molar-refractivity contribution is 7.13. The largest absolute Gasteiger partial charge is 0.459 e. The molecule has 1 aromatic heterocycles. The first-order chi connectivity index (χ1) is 13.4. The van der Waals surface area contributed by atoms with Crippen LogP contribution in [-0.4, -0.2) is 40.8 Å². The lowest BCUT2D eigenvalue weighted by atomic mass is 9.97. The molecule has 2 aromatic rings. The molecule has 1 unspecified atom stereocenters. The summed E-state index contributed by atoms with van der Waals surface area (Å²) in [6, 6.07) is 5.36. The van der Waals surface area contributed by atoms with Gasteiger partial charge in [0, 0.05) is 31.0 Å². The molecular weight excluding hydrogens is 385 g/mol. The predicted molar refractivity (Wildman–Crippen MR) is 101 cm³/mol. The number of nitrogens with one attached hydrogen (secondary N) is 1. The van der Waals surface area contributed by atoms with Gasteiger partial charge in [0.2, 0.25) is 5.91 Å². The average molecular weight is 405 g/mol. The molecule has 1 aliphatic rings. The fourth-order valence-corrected chi connectivity index (χ4v) is 3.71. The molecule has 2 amide bonds. The summed E-state index contributed by atoms with van der Waals surface area (Å²) < 4.78 is 18.4. The molecule has 0 spiro atoms. The van der Waals surface area contributed by atoms with Crippen LogP contribution in [0.25, 0.3) is 0 Å². The summed E-state index contributed by atoms with van der Waals surface area (Å²) in [7, 11) is 0. The van der Waals surface area contributed by atoms with Crippen LogP contribution in [0.3, 0.4) is 0 Å². The highest BCUT2D eigenvalue weighted by Gasteiger charge is 2.30. The fourth-order valence-electron chi connectivity index (χ4n) is 2.97. The number of halogens is 1. The van der Waals surface area contributed by atoms with E-state index < -0.39 is 11.7 Å². The van der Waals surface area contributed by atoms with Crippen molar-refractivity contribution in [3.8, 4) is 0 Å². The van der Waals surface area contributed by atoms with E-state index in [4.69, 9.17) is 4.74 Å². The Balaban J connectivity index is 1.54. The first-order valence-electron chi connectivity index (χ1n) is 8.86. The SMILES string of the molecule is CC(=O)Nc1nc(COC(=O)C2CCCN(C(=O)c3ccc(F)cc3)C2)cs1. The van der Waals surface area contributed by atoms with Crippen molar-refractivity contribution in [2.24, 2.45) is 5.92 Å². The number of amides is 2. The molecule has 1 aromatic carbocycles. The van der Waals surface area contributed by atoms with E-state index >= 15 is 0 Å². The summed E-state index contributed by atoms with van der Waals surface area (Å²) in [5, 5.41) is 4.74. The van der Waals surface area contributed by atoms with Crippen LogP contribution < -0.4 is 5.32 Å². The molecule has 1 fully saturated rings. The third-order valence-electron chi connectivity index (χ3n) is 4.33. The molecule has 1 N–H and O–H groups in total. The number of likely N-dealkylation sites (tertiary alicyclic amines) is 1. The van der Waals surface area contributed by atoms with Crippen molar-refractivity contribution < 1.29 is 23.5 Å². The third-order valence-corrected chi connectivity index (χ3v) is 5.14. The molecule has 3 rings (SSSR count). The molecule has 0 bridgehead atoms. The second-order valence-corrected chi connectivity index (χ2v) is 7.39. The highest BCUT2D eigenvalue weighted by atomic mass is 32.1. The van der Waals surface area contributed by atoms with E-state index in [-0.39, 0.29) is 30.9 Å². The van der Waals surface area contributed by atoms with Gasteiger partial charge < -0.3 is 15.0 Å². The lowest BCUT2D eigenvalue weighted by Gasteiger charge is -2.31. The fraction of sp³-hybridized carbons (Fsp3) is 0.368. The predicted octanol–water partition coefficient (Wildman–Crippen LogP) is 2.84. The molecule has 0 aliphatic carbocycles. The number of hydrogen-bond acceptors (Lipinski definition) is 6. The van der Waals surface area contributed by atoms with E-state index in [0.717, 1.165) is 0 Å². The van der Waals surface area contributed by atoms with E-state index in [2.05, 4.69) is 10.3 Å². The van der Waals surface area contributed by atoms with Gasteiger partial charge in [-0.25, -0.2) is 9.37 Å². The first kappa shape index (κ1) is 19.9. The van der Waals surface area contributed by atoms with Crippen LogP contribution in [0.15, 0.2) is 29.6 Å². The molecule has 0 radical (unpaired) electrons. The average Bonchev–Trinajstić information content (AvgIpc) is 3.13. The topological polar surface area (TPSA) is 88.6 Å². The number of esters is 1. The van der Waals surface area contributed by atoms with Crippen molar-refractivity contribution in [3.63, 3.8) is 0 Å². The minimum absolute atomic E-state index is 0.0112. The van der Waals surface area contributed by atoms with Crippen molar-refractivity contribution in [1.29, 1.82) is 0 Å². The van der Waals surface area contributed by atoms with Crippen LogP contribution in [-0.2, 0) is 20.9 Å². The molecule has 1 saturated heterocycles. The number of ether oxygens (including phenoxy) is 1. The van der Waals surface area contributed by atoms with Gasteiger partial charge in [0.15, 0.2) is 5.13 Å². The zero-order chi connectivity index (χ0) is 20.1. The van der Waals surface area contributed by atoms with Crippen molar-refractivity contribution >= 4 is 34.3 Å². The van der Waals surface area contributed by atoms with Gasteiger partial charge in [-0.05, 0) is 37.1 Å². The minimum Gasteiger partial charge on any atom is -0.459 e. The summed E-state index contributed by atoms with van der Waals surface area (Å²) in [6.45, 7) is 2.22. The lowest BCUT2D eigenvalue weighted by Crippen LogP contribution is -2.42. The number of aromatic nitrogens is 1. The Morgan fingerprint density at radius 3 is 2.79 bits per heavy atom. The van der Waals surface area contributed by atoms with E-state index in [1.54, 1.807) is 10.3 Å². The van der Waals surface area contributed by atoms with Gasteiger partial charge in [-0.1, -0.05) is 0 Å². The minimum atomic E-state index is -0.411. The maximum Gasteiger partial charge on any atom is 0.311 e. The normalized spacial score (nSPS) is 16.5. The molecule has 1 atom stereocenters. The standard InChI is InChI=1S/C19H20FN3O4S/c1-12(24)21-19-22-16(11-28-19)10-27-18(26)14-3-2-8-23(9-14)17(25)13-4-6-15(20)7-5-13/h4-7,11,14H,2-3,8-10H2,1H3,(H,21,22,24). The summed E-state index contributed by atoms with van der Waals surface area (Å²) in [5.74, 6) is -1.64. The number of carbonyl (C=O) groups is 3. The van der Waals surface area contributed by atoms with E-state index in [0.29, 0.717) is 35.8 Å². The van der Waals surface area contributed by atoms with Crippen molar-refractivity contribution in [2.75, 3.05) is 18.4 Å². The van der Waals surface area contributed by atoms with Gasteiger partial charge in [0.1, 0.15) is 12.4 Å². The Bertz CT molecular complexity index is 868. The van der Waals surface area contributed by atoms with Crippen molar-refractivity contribution in [3.05, 3.63) is 46.7 Å². The van der Waals surface area contributed by atoms with Crippen molar-refractivity contribution in [1.82, 2.24) is 9.88 Å². The number of anilines is 1. The first-order valence-corrected chi connectivity index (χ1v) is 9.74. The van der Waals surface area contributed by atoms with Crippen LogP contribution in [0, 0.1) is 11.7 Å². The van der Waals surface area contributed by atoms with Gasteiger partial charge in [-0.2, -0.15) is 0 Å². The molecule has 1 aliphatic heterocycles. The number of hydrogen-bond donors (Lipinski definition) is 1. The smallest absolute Gasteiger partial charge is 0.311 e. The summed E-state index contributed by atoms with van der Waals surface area (Å²) in [6.07, 6.45) is 1.33. The van der Waals surface area contributed by atoms with Crippen LogP contribution in [0.5, 0.6) is 0 Å². The summed E-state index contributed by atoms with van der Waals surface area (Å²) in [5.41, 5.74) is 0.945. The van der Waals surface area contributed by atoms with E-state index in [9.17, 15) is 18.8 Å². The van der Waals surface area contributed by atoms with E-state index in [1.807, 2.05) is 0 Å². The molecule has 7 nitrogen and oxygen atoms in total. The van der Waals surface area contributed by atoms with Gasteiger partial charge >= 0.3 is 5.97 Å². The van der Waals surface area contributed by atoms with Gasteiger partial charge in [0.05, 0.1) is 11.6 Å². The monoisotopic (exact) mass is 405 g/mol. The number of benzene rings is 1. The highest BCUT2D eigenvalue weighted by Crippen LogP contribution is 2.21. The Morgan fingerprint density at radius 1 is 1.32 bits per heavy atom. The lowest BCUT2D eigenvalue weighted by molar-refractivity contribution is -0.151. The second kappa shape index (κ2) is 8.92. The molecule has 28 heavy (non-hydrogen) atoms. The summed E-state index contributed by atoms with van der Waals surface area (Å²) >= 11 is 1.25. The number of rotatable bonds is 5. The number of piperidine rings is 1. The zero-order valence-electron chi connectivity index (χ0n) is 15.3. The Hall–Kier alpha value is -2.81. The molecule has 0 saturated carbocycles. The van der Waals surface area contributed by atoms with Gasteiger partial charge in [-0.3, -0.25) is 14.4 Å². The van der Waals surface area contributed by atoms with Crippen LogP contribution in [0.4, 0.5) is 9.52 Å². The quantitative estimate of drug-likeness (QED) is 0.773. The molecule has 2 heterocycles.